The summed E-state index contributed by atoms with van der Waals surface area (Å²) in [7, 11) is 3.62. The Morgan fingerprint density at radius 3 is 2.53 bits per heavy atom. The summed E-state index contributed by atoms with van der Waals surface area (Å²) in [6.45, 7) is 3.17. The normalized spacial score (nSPS) is 11.3. The number of rotatable bonds is 4. The third kappa shape index (κ3) is 3.05. The number of carbonyl (C=O) groups is 1. The molecule has 1 N–H and O–H groups in total. The molecular weight excluding hydrogens is 222 g/mol. The molecule has 0 fully saturated rings. The van der Waals surface area contributed by atoms with Crippen LogP contribution < -0.4 is 10.5 Å². The fraction of sp³-hybridized carbons (Fsp3) is 0.545. The first-order chi connectivity index (χ1) is 7.74. The SMILES string of the molecule is CN(C)c1cnn(CC(C)(C)C(=O)O)c(=O)c1. The van der Waals surface area contributed by atoms with Crippen LogP contribution in [0.5, 0.6) is 0 Å². The molecule has 0 saturated heterocycles. The van der Waals surface area contributed by atoms with E-state index in [1.165, 1.54) is 10.7 Å². The van der Waals surface area contributed by atoms with Gasteiger partial charge in [0.2, 0.25) is 0 Å². The van der Waals surface area contributed by atoms with Crippen LogP contribution in [0.25, 0.3) is 0 Å². The summed E-state index contributed by atoms with van der Waals surface area (Å²) in [5, 5.41) is 13.0. The van der Waals surface area contributed by atoms with Crippen molar-refractivity contribution >= 4 is 11.7 Å². The minimum absolute atomic E-state index is 0.0505. The third-order valence-corrected chi connectivity index (χ3v) is 2.50. The number of hydrogen-bond acceptors (Lipinski definition) is 4. The van der Waals surface area contributed by atoms with Gasteiger partial charge in [-0.15, -0.1) is 0 Å². The molecule has 0 aliphatic rings. The summed E-state index contributed by atoms with van der Waals surface area (Å²) < 4.78 is 1.17. The van der Waals surface area contributed by atoms with Crippen LogP contribution in [0.3, 0.4) is 0 Å². The Morgan fingerprint density at radius 1 is 1.53 bits per heavy atom. The van der Waals surface area contributed by atoms with Crippen LogP contribution in [0.15, 0.2) is 17.1 Å². The van der Waals surface area contributed by atoms with Crippen LogP contribution in [-0.4, -0.2) is 35.0 Å². The second-order valence-corrected chi connectivity index (χ2v) is 4.79. The van der Waals surface area contributed by atoms with Crippen molar-refractivity contribution in [3.8, 4) is 0 Å². The van der Waals surface area contributed by atoms with Crippen molar-refractivity contribution in [2.75, 3.05) is 19.0 Å². The monoisotopic (exact) mass is 239 g/mol. The minimum Gasteiger partial charge on any atom is -0.481 e. The summed E-state index contributed by atoms with van der Waals surface area (Å²) >= 11 is 0. The van der Waals surface area contributed by atoms with Crippen molar-refractivity contribution in [3.63, 3.8) is 0 Å². The molecule has 17 heavy (non-hydrogen) atoms. The van der Waals surface area contributed by atoms with E-state index in [1.54, 1.807) is 24.9 Å². The van der Waals surface area contributed by atoms with Gasteiger partial charge >= 0.3 is 5.97 Å². The van der Waals surface area contributed by atoms with Gasteiger partial charge in [0.1, 0.15) is 0 Å². The summed E-state index contributed by atoms with van der Waals surface area (Å²) in [5.41, 5.74) is -0.624. The van der Waals surface area contributed by atoms with Crippen LogP contribution in [0, 0.1) is 5.41 Å². The zero-order chi connectivity index (χ0) is 13.2. The van der Waals surface area contributed by atoms with E-state index in [0.717, 1.165) is 0 Å². The molecule has 0 aliphatic carbocycles. The van der Waals surface area contributed by atoms with E-state index in [0.29, 0.717) is 5.69 Å². The lowest BCUT2D eigenvalue weighted by Gasteiger charge is -2.20. The molecule has 6 nitrogen and oxygen atoms in total. The van der Waals surface area contributed by atoms with E-state index in [2.05, 4.69) is 5.10 Å². The maximum Gasteiger partial charge on any atom is 0.310 e. The van der Waals surface area contributed by atoms with Crippen molar-refractivity contribution in [3.05, 3.63) is 22.6 Å². The molecule has 0 radical (unpaired) electrons. The highest BCUT2D eigenvalue weighted by atomic mass is 16.4. The van der Waals surface area contributed by atoms with Crippen LogP contribution in [0.2, 0.25) is 0 Å². The van der Waals surface area contributed by atoms with Gasteiger partial charge in [-0.1, -0.05) is 0 Å². The largest absolute Gasteiger partial charge is 0.481 e. The molecule has 1 rings (SSSR count). The molecule has 6 heteroatoms. The predicted octanol–water partition coefficient (Wildman–Crippen LogP) is 0.420. The van der Waals surface area contributed by atoms with Gasteiger partial charge in [0.25, 0.3) is 5.56 Å². The number of nitrogens with zero attached hydrogens (tertiary/aromatic N) is 3. The Labute approximate surface area is 99.5 Å². The highest BCUT2D eigenvalue weighted by molar-refractivity contribution is 5.73. The Hall–Kier alpha value is -1.85. The van der Waals surface area contributed by atoms with Gasteiger partial charge in [-0.2, -0.15) is 5.10 Å². The average Bonchev–Trinajstić information content (AvgIpc) is 2.20. The summed E-state index contributed by atoms with van der Waals surface area (Å²) in [6.07, 6.45) is 1.54. The van der Waals surface area contributed by atoms with Crippen LogP contribution in [-0.2, 0) is 11.3 Å². The second-order valence-electron chi connectivity index (χ2n) is 4.79. The van der Waals surface area contributed by atoms with E-state index in [-0.39, 0.29) is 12.1 Å². The first-order valence-corrected chi connectivity index (χ1v) is 5.22. The van der Waals surface area contributed by atoms with Crippen LogP contribution in [0.4, 0.5) is 5.69 Å². The standard InChI is InChI=1S/C11H17N3O3/c1-11(2,10(16)17)7-14-9(15)5-8(6-12-14)13(3)4/h5-6H,7H2,1-4H3,(H,16,17). The molecule has 0 aliphatic heterocycles. The highest BCUT2D eigenvalue weighted by Gasteiger charge is 2.28. The molecule has 1 aromatic rings. The Bertz CT molecular complexity index is 477. The van der Waals surface area contributed by atoms with E-state index < -0.39 is 11.4 Å². The topological polar surface area (TPSA) is 75.4 Å². The van der Waals surface area contributed by atoms with Gasteiger partial charge < -0.3 is 10.0 Å². The quantitative estimate of drug-likeness (QED) is 0.824. The van der Waals surface area contributed by atoms with E-state index in [4.69, 9.17) is 5.11 Å². The molecule has 0 saturated carbocycles. The number of aromatic nitrogens is 2. The van der Waals surface area contributed by atoms with E-state index in [9.17, 15) is 9.59 Å². The summed E-state index contributed by atoms with van der Waals surface area (Å²) in [4.78, 5) is 24.5. The zero-order valence-electron chi connectivity index (χ0n) is 10.5. The first-order valence-electron chi connectivity index (χ1n) is 5.22. The smallest absolute Gasteiger partial charge is 0.310 e. The Balaban J connectivity index is 3.02. The van der Waals surface area contributed by atoms with Crippen molar-refractivity contribution in [2.24, 2.45) is 5.41 Å². The van der Waals surface area contributed by atoms with Gasteiger partial charge in [0.15, 0.2) is 0 Å². The summed E-state index contributed by atoms with van der Waals surface area (Å²) in [6, 6.07) is 1.44. The number of hydrogen-bond donors (Lipinski definition) is 1. The number of carboxylic acid groups (broad SMARTS) is 1. The fourth-order valence-electron chi connectivity index (χ4n) is 1.23. The van der Waals surface area contributed by atoms with Gasteiger partial charge in [0, 0.05) is 20.2 Å². The molecule has 0 aromatic carbocycles. The number of carboxylic acids is 1. The van der Waals surface area contributed by atoms with Crippen molar-refractivity contribution in [1.29, 1.82) is 0 Å². The van der Waals surface area contributed by atoms with Crippen molar-refractivity contribution in [2.45, 2.75) is 20.4 Å². The van der Waals surface area contributed by atoms with Crippen LogP contribution >= 0.6 is 0 Å². The van der Waals surface area contributed by atoms with E-state index in [1.807, 2.05) is 14.1 Å². The maximum atomic E-state index is 11.7. The lowest BCUT2D eigenvalue weighted by atomic mass is 9.94. The number of aliphatic carboxylic acids is 1. The van der Waals surface area contributed by atoms with Gasteiger partial charge in [-0.3, -0.25) is 9.59 Å². The summed E-state index contributed by atoms with van der Waals surface area (Å²) in [5.74, 6) is -0.956. The molecule has 0 spiro atoms. The Kier molecular flexibility index (Phi) is 3.55. The van der Waals surface area contributed by atoms with E-state index >= 15 is 0 Å². The average molecular weight is 239 g/mol. The molecule has 1 aromatic heterocycles. The molecule has 0 atom stereocenters. The second kappa shape index (κ2) is 4.57. The maximum absolute atomic E-state index is 11.7. The number of anilines is 1. The minimum atomic E-state index is -1.02. The highest BCUT2D eigenvalue weighted by Crippen LogP contribution is 2.16. The molecule has 94 valence electrons. The van der Waals surface area contributed by atoms with Crippen LogP contribution in [0.1, 0.15) is 13.8 Å². The first kappa shape index (κ1) is 13.2. The van der Waals surface area contributed by atoms with Crippen molar-refractivity contribution < 1.29 is 9.90 Å². The lowest BCUT2D eigenvalue weighted by Crippen LogP contribution is -2.35. The fourth-order valence-corrected chi connectivity index (χ4v) is 1.23. The van der Waals surface area contributed by atoms with Gasteiger partial charge in [-0.05, 0) is 13.8 Å². The third-order valence-electron chi connectivity index (χ3n) is 2.50. The predicted molar refractivity (Wildman–Crippen MR) is 64.2 cm³/mol. The molecular formula is C11H17N3O3. The molecule has 0 unspecified atom stereocenters. The molecule has 1 heterocycles. The molecule has 0 bridgehead atoms. The lowest BCUT2D eigenvalue weighted by molar-refractivity contribution is -0.147. The van der Waals surface area contributed by atoms with Gasteiger partial charge in [-0.25, -0.2) is 4.68 Å². The Morgan fingerprint density at radius 2 is 2.12 bits per heavy atom. The molecule has 0 amide bonds. The zero-order valence-corrected chi connectivity index (χ0v) is 10.5. The van der Waals surface area contributed by atoms with Crippen molar-refractivity contribution in [1.82, 2.24) is 9.78 Å². The van der Waals surface area contributed by atoms with Gasteiger partial charge in [0.05, 0.1) is 23.8 Å².